The molecule has 0 radical (unpaired) electrons. The van der Waals surface area contributed by atoms with E-state index in [0.717, 1.165) is 5.76 Å². The van der Waals surface area contributed by atoms with Gasteiger partial charge < -0.3 is 14.8 Å². The van der Waals surface area contributed by atoms with E-state index in [1.165, 1.54) is 0 Å². The third-order valence-corrected chi connectivity index (χ3v) is 3.61. The van der Waals surface area contributed by atoms with Gasteiger partial charge in [0, 0.05) is 17.8 Å². The van der Waals surface area contributed by atoms with E-state index in [4.69, 9.17) is 4.42 Å². The molecule has 2 N–H and O–H groups in total. The molecule has 120 valence electrons. The van der Waals surface area contributed by atoms with Crippen LogP contribution in [-0.2, 0) is 5.60 Å². The molecule has 22 heavy (non-hydrogen) atoms. The predicted octanol–water partition coefficient (Wildman–Crippen LogP) is 2.31. The van der Waals surface area contributed by atoms with Crippen molar-refractivity contribution in [2.75, 3.05) is 6.54 Å². The number of aromatic nitrogens is 2. The maximum atomic E-state index is 12.3. The third-order valence-electron chi connectivity index (χ3n) is 3.61. The Morgan fingerprint density at radius 1 is 1.50 bits per heavy atom. The van der Waals surface area contributed by atoms with E-state index in [1.54, 1.807) is 36.9 Å². The van der Waals surface area contributed by atoms with Gasteiger partial charge in [0.05, 0.1) is 6.54 Å². The average Bonchev–Trinajstić information content (AvgIpc) is 3.02. The van der Waals surface area contributed by atoms with Crippen LogP contribution < -0.4 is 5.32 Å². The van der Waals surface area contributed by atoms with E-state index >= 15 is 0 Å². The van der Waals surface area contributed by atoms with E-state index < -0.39 is 5.60 Å². The lowest BCUT2D eigenvalue weighted by Gasteiger charge is -2.23. The van der Waals surface area contributed by atoms with Crippen LogP contribution in [0.15, 0.2) is 22.7 Å². The Hall–Kier alpha value is -2.08. The Labute approximate surface area is 130 Å². The largest absolute Gasteiger partial charge is 0.466 e. The second-order valence-corrected chi connectivity index (χ2v) is 6.04. The summed E-state index contributed by atoms with van der Waals surface area (Å²) >= 11 is 0. The van der Waals surface area contributed by atoms with Crippen LogP contribution in [0.25, 0.3) is 0 Å². The Morgan fingerprint density at radius 3 is 2.73 bits per heavy atom. The fraction of sp³-hybridized carbons (Fsp3) is 0.500. The number of hydrogen-bond donors (Lipinski definition) is 2. The molecule has 0 saturated heterocycles. The van der Waals surface area contributed by atoms with Gasteiger partial charge in [0.15, 0.2) is 0 Å². The number of nitrogens with zero attached hydrogens (tertiary/aromatic N) is 2. The summed E-state index contributed by atoms with van der Waals surface area (Å²) in [6.45, 7) is 9.28. The Bertz CT molecular complexity index is 668. The summed E-state index contributed by atoms with van der Waals surface area (Å²) in [6, 6.07) is 3.55. The zero-order valence-electron chi connectivity index (χ0n) is 13.7. The molecule has 2 heterocycles. The van der Waals surface area contributed by atoms with Gasteiger partial charge in [0.2, 0.25) is 0 Å². The van der Waals surface area contributed by atoms with E-state index in [9.17, 15) is 9.90 Å². The van der Waals surface area contributed by atoms with Crippen LogP contribution in [-0.4, -0.2) is 27.3 Å². The van der Waals surface area contributed by atoms with Crippen molar-refractivity contribution in [3.8, 4) is 0 Å². The summed E-state index contributed by atoms with van der Waals surface area (Å²) in [5, 5.41) is 17.5. The van der Waals surface area contributed by atoms with E-state index in [-0.39, 0.29) is 18.5 Å². The second-order valence-electron chi connectivity index (χ2n) is 6.04. The van der Waals surface area contributed by atoms with Crippen molar-refractivity contribution in [1.82, 2.24) is 15.1 Å². The van der Waals surface area contributed by atoms with Crippen LogP contribution in [0.5, 0.6) is 0 Å². The summed E-state index contributed by atoms with van der Waals surface area (Å²) in [5.41, 5.74) is -0.0336. The number of carbonyl (C=O) groups excluding carboxylic acids is 1. The summed E-state index contributed by atoms with van der Waals surface area (Å²) in [5.74, 6) is 1.13. The van der Waals surface area contributed by atoms with Crippen LogP contribution in [0.1, 0.15) is 54.4 Å². The number of carbonyl (C=O) groups is 1. The molecule has 0 spiro atoms. The summed E-state index contributed by atoms with van der Waals surface area (Å²) in [6.07, 6.45) is 1.59. The van der Waals surface area contributed by atoms with Gasteiger partial charge in [0.1, 0.15) is 22.8 Å². The lowest BCUT2D eigenvalue weighted by Crippen LogP contribution is -2.39. The van der Waals surface area contributed by atoms with Gasteiger partial charge in [-0.15, -0.1) is 0 Å². The van der Waals surface area contributed by atoms with Gasteiger partial charge in [-0.2, -0.15) is 5.10 Å². The van der Waals surface area contributed by atoms with Crippen molar-refractivity contribution in [1.29, 1.82) is 0 Å². The topological polar surface area (TPSA) is 80.3 Å². The number of amides is 1. The minimum atomic E-state index is -1.19. The number of nitrogens with one attached hydrogen (secondary N) is 1. The fourth-order valence-corrected chi connectivity index (χ4v) is 2.51. The minimum Gasteiger partial charge on any atom is -0.466 e. The number of hydrogen-bond acceptors (Lipinski definition) is 4. The Kier molecular flexibility index (Phi) is 4.42. The zero-order chi connectivity index (χ0) is 16.5. The van der Waals surface area contributed by atoms with Crippen LogP contribution >= 0.6 is 0 Å². The lowest BCUT2D eigenvalue weighted by molar-refractivity contribution is 0.0510. The van der Waals surface area contributed by atoms with Gasteiger partial charge in [-0.1, -0.05) is 0 Å². The van der Waals surface area contributed by atoms with Gasteiger partial charge in [-0.25, -0.2) is 0 Å². The molecule has 1 unspecified atom stereocenters. The number of aliphatic hydroxyl groups is 1. The lowest BCUT2D eigenvalue weighted by atomic mass is 9.96. The molecule has 0 bridgehead atoms. The molecule has 0 aliphatic rings. The standard InChI is InChI=1S/C16H23N3O3/c1-10(2)19-14(6-7-18-19)15(20)17-9-16(5,21)13-8-11(3)22-12(13)4/h6-8,10,21H,9H2,1-5H3,(H,17,20). The average molecular weight is 305 g/mol. The van der Waals surface area contributed by atoms with Crippen LogP contribution in [0, 0.1) is 13.8 Å². The molecular formula is C16H23N3O3. The maximum Gasteiger partial charge on any atom is 0.269 e. The van der Waals surface area contributed by atoms with Crippen molar-refractivity contribution < 1.29 is 14.3 Å². The Balaban J connectivity index is 2.10. The highest BCUT2D eigenvalue weighted by atomic mass is 16.3. The summed E-state index contributed by atoms with van der Waals surface area (Å²) in [7, 11) is 0. The number of aryl methyl sites for hydroxylation is 2. The van der Waals surface area contributed by atoms with Crippen molar-refractivity contribution in [3.63, 3.8) is 0 Å². The molecular weight excluding hydrogens is 282 g/mol. The molecule has 2 aromatic rings. The van der Waals surface area contributed by atoms with Crippen LogP contribution in [0.2, 0.25) is 0 Å². The normalized spacial score (nSPS) is 14.1. The highest BCUT2D eigenvalue weighted by Crippen LogP contribution is 2.26. The molecule has 0 fully saturated rings. The molecule has 0 aromatic carbocycles. The zero-order valence-corrected chi connectivity index (χ0v) is 13.7. The first-order valence-electron chi connectivity index (χ1n) is 7.34. The monoisotopic (exact) mass is 305 g/mol. The number of rotatable bonds is 5. The van der Waals surface area contributed by atoms with Gasteiger partial charge in [-0.05, 0) is 46.8 Å². The van der Waals surface area contributed by atoms with Crippen molar-refractivity contribution >= 4 is 5.91 Å². The molecule has 0 aliphatic heterocycles. The van der Waals surface area contributed by atoms with Gasteiger partial charge >= 0.3 is 0 Å². The highest BCUT2D eigenvalue weighted by molar-refractivity contribution is 5.92. The number of furan rings is 1. The van der Waals surface area contributed by atoms with Crippen LogP contribution in [0.4, 0.5) is 0 Å². The highest BCUT2D eigenvalue weighted by Gasteiger charge is 2.28. The first kappa shape index (κ1) is 16.3. The quantitative estimate of drug-likeness (QED) is 0.888. The van der Waals surface area contributed by atoms with E-state index in [1.807, 2.05) is 20.8 Å². The molecule has 6 heteroatoms. The van der Waals surface area contributed by atoms with Crippen molar-refractivity contribution in [2.24, 2.45) is 0 Å². The smallest absolute Gasteiger partial charge is 0.269 e. The Morgan fingerprint density at radius 2 is 2.18 bits per heavy atom. The summed E-state index contributed by atoms with van der Waals surface area (Å²) in [4.78, 5) is 12.3. The molecule has 0 saturated carbocycles. The SMILES string of the molecule is Cc1cc(C(C)(O)CNC(=O)c2ccnn2C(C)C)c(C)o1. The maximum absolute atomic E-state index is 12.3. The van der Waals surface area contributed by atoms with Gasteiger partial charge in [-0.3, -0.25) is 9.48 Å². The van der Waals surface area contributed by atoms with E-state index in [2.05, 4.69) is 10.4 Å². The predicted molar refractivity (Wildman–Crippen MR) is 82.7 cm³/mol. The molecule has 1 amide bonds. The van der Waals surface area contributed by atoms with Crippen molar-refractivity contribution in [3.05, 3.63) is 41.1 Å². The van der Waals surface area contributed by atoms with E-state index in [0.29, 0.717) is 17.0 Å². The van der Waals surface area contributed by atoms with Crippen LogP contribution in [0.3, 0.4) is 0 Å². The first-order valence-corrected chi connectivity index (χ1v) is 7.34. The minimum absolute atomic E-state index is 0.0922. The molecule has 6 nitrogen and oxygen atoms in total. The molecule has 0 aliphatic carbocycles. The molecule has 1 atom stereocenters. The first-order chi connectivity index (χ1) is 10.2. The third kappa shape index (κ3) is 3.22. The fourth-order valence-electron chi connectivity index (χ4n) is 2.51. The summed E-state index contributed by atoms with van der Waals surface area (Å²) < 4.78 is 7.09. The molecule has 2 rings (SSSR count). The molecule has 2 aromatic heterocycles. The second kappa shape index (κ2) is 5.96. The van der Waals surface area contributed by atoms with Crippen molar-refractivity contribution in [2.45, 2.75) is 46.3 Å². The van der Waals surface area contributed by atoms with Gasteiger partial charge in [0.25, 0.3) is 5.91 Å².